The fourth-order valence-electron chi connectivity index (χ4n) is 6.41. The second-order valence-electron chi connectivity index (χ2n) is 9.15. The minimum absolute atomic E-state index is 0.478. The molecule has 0 aromatic rings. The largest absolute Gasteiger partial charge is 0.412 e. The molecule has 4 nitrogen and oxygen atoms in total. The van der Waals surface area contributed by atoms with Crippen molar-refractivity contribution in [2.45, 2.75) is 31.8 Å². The van der Waals surface area contributed by atoms with Gasteiger partial charge in [-0.2, -0.15) is 0 Å². The zero-order valence-corrected chi connectivity index (χ0v) is 14.7. The summed E-state index contributed by atoms with van der Waals surface area (Å²) in [6.07, 6.45) is 13.7. The van der Waals surface area contributed by atoms with Crippen LogP contribution in [0.25, 0.3) is 0 Å². The fraction of sp³-hybridized carbons (Fsp3) is 0.810. The van der Waals surface area contributed by atoms with Gasteiger partial charge in [0.2, 0.25) is 0 Å². The normalized spacial score (nSPS) is 56.3. The van der Waals surface area contributed by atoms with Gasteiger partial charge in [0.25, 0.3) is 0 Å². The van der Waals surface area contributed by atoms with Gasteiger partial charge in [0.1, 0.15) is 0 Å². The van der Waals surface area contributed by atoms with Crippen LogP contribution in [0.1, 0.15) is 25.7 Å². The lowest BCUT2D eigenvalue weighted by atomic mass is 9.82. The van der Waals surface area contributed by atoms with E-state index in [1.165, 1.54) is 25.7 Å². The van der Waals surface area contributed by atoms with E-state index in [1.54, 1.807) is 0 Å². The molecular weight excluding hydrogens is 316 g/mol. The molecule has 25 heavy (non-hydrogen) atoms. The van der Waals surface area contributed by atoms with Crippen LogP contribution in [0.15, 0.2) is 24.3 Å². The summed E-state index contributed by atoms with van der Waals surface area (Å²) in [6.45, 7) is 2.79. The molecule has 6 rings (SSSR count). The first kappa shape index (κ1) is 15.4. The van der Waals surface area contributed by atoms with Crippen molar-refractivity contribution in [1.82, 2.24) is 0 Å². The van der Waals surface area contributed by atoms with Crippen molar-refractivity contribution in [2.75, 3.05) is 26.4 Å². The Morgan fingerprint density at radius 1 is 0.560 bits per heavy atom. The Morgan fingerprint density at radius 3 is 1.32 bits per heavy atom. The Kier molecular flexibility index (Phi) is 3.48. The predicted molar refractivity (Wildman–Crippen MR) is 91.2 cm³/mol. The van der Waals surface area contributed by atoms with Gasteiger partial charge in [-0.1, -0.05) is 24.3 Å². The van der Waals surface area contributed by atoms with Gasteiger partial charge in [0, 0.05) is 11.8 Å². The van der Waals surface area contributed by atoms with Gasteiger partial charge in [-0.25, -0.2) is 0 Å². The summed E-state index contributed by atoms with van der Waals surface area (Å²) in [7, 11) is 0. The summed E-state index contributed by atoms with van der Waals surface area (Å²) in [5.41, 5.74) is 0. The van der Waals surface area contributed by atoms with Crippen LogP contribution < -0.4 is 0 Å². The van der Waals surface area contributed by atoms with E-state index >= 15 is 0 Å². The van der Waals surface area contributed by atoms with Crippen molar-refractivity contribution in [3.63, 3.8) is 0 Å². The van der Waals surface area contributed by atoms with Crippen LogP contribution in [0.2, 0.25) is 0 Å². The van der Waals surface area contributed by atoms with Gasteiger partial charge < -0.3 is 18.9 Å². The maximum absolute atomic E-state index is 6.01. The van der Waals surface area contributed by atoms with Gasteiger partial charge in [0.15, 0.2) is 0 Å². The first-order chi connectivity index (χ1) is 12.3. The van der Waals surface area contributed by atoms with Gasteiger partial charge in [0.05, 0.1) is 26.4 Å². The molecule has 4 bridgehead atoms. The number of allylic oxidation sites excluding steroid dienone is 4. The lowest BCUT2D eigenvalue weighted by Crippen LogP contribution is -2.55. The molecule has 4 fully saturated rings. The Bertz CT molecular complexity index is 527. The van der Waals surface area contributed by atoms with Crippen molar-refractivity contribution < 1.29 is 18.9 Å². The fourth-order valence-corrected chi connectivity index (χ4v) is 6.41. The molecule has 0 amide bonds. The van der Waals surface area contributed by atoms with E-state index in [2.05, 4.69) is 24.3 Å². The first-order valence-corrected chi connectivity index (χ1v) is 10.2. The monoisotopic (exact) mass is 344 g/mol. The summed E-state index contributed by atoms with van der Waals surface area (Å²) >= 11 is 0. The quantitative estimate of drug-likeness (QED) is 0.720. The molecule has 4 heteroatoms. The lowest BCUT2D eigenvalue weighted by Gasteiger charge is -2.45. The van der Waals surface area contributed by atoms with Crippen molar-refractivity contribution in [3.8, 4) is 0 Å². The zero-order chi connectivity index (χ0) is 16.4. The molecule has 6 aliphatic rings. The SMILES string of the molecule is C1=CC2CC1CC2C1COC2(OC1)OCC(C1CC3C=CC1C3)CO2. The summed E-state index contributed by atoms with van der Waals surface area (Å²) in [5, 5.41) is 0. The molecule has 2 aliphatic heterocycles. The van der Waals surface area contributed by atoms with Crippen LogP contribution in [0.5, 0.6) is 0 Å². The van der Waals surface area contributed by atoms with Crippen LogP contribution in [0.4, 0.5) is 0 Å². The maximum Gasteiger partial charge on any atom is 0.412 e. The number of ether oxygens (including phenoxy) is 4. The van der Waals surface area contributed by atoms with Crippen molar-refractivity contribution in [1.29, 1.82) is 0 Å². The second kappa shape index (κ2) is 5.66. The first-order valence-electron chi connectivity index (χ1n) is 10.2. The van der Waals surface area contributed by atoms with E-state index in [4.69, 9.17) is 18.9 Å². The molecule has 0 aromatic heterocycles. The van der Waals surface area contributed by atoms with Crippen LogP contribution in [0.3, 0.4) is 0 Å². The summed E-state index contributed by atoms with van der Waals surface area (Å²) in [4.78, 5) is 0. The average Bonchev–Trinajstić information content (AvgIpc) is 3.44. The highest BCUT2D eigenvalue weighted by molar-refractivity contribution is 5.12. The van der Waals surface area contributed by atoms with E-state index in [9.17, 15) is 0 Å². The lowest BCUT2D eigenvalue weighted by molar-refractivity contribution is -0.537. The molecule has 0 aromatic carbocycles. The third kappa shape index (κ3) is 2.48. The molecule has 6 unspecified atom stereocenters. The molecule has 136 valence electrons. The van der Waals surface area contributed by atoms with E-state index in [1.807, 2.05) is 0 Å². The minimum atomic E-state index is -1.21. The number of hydrogen-bond acceptors (Lipinski definition) is 4. The molecule has 2 saturated carbocycles. The number of rotatable bonds is 2. The highest BCUT2D eigenvalue weighted by Gasteiger charge is 2.51. The smallest absolute Gasteiger partial charge is 0.303 e. The van der Waals surface area contributed by atoms with Gasteiger partial charge in [-0.3, -0.25) is 0 Å². The van der Waals surface area contributed by atoms with Crippen molar-refractivity contribution in [3.05, 3.63) is 24.3 Å². The average molecular weight is 344 g/mol. The molecule has 2 heterocycles. The van der Waals surface area contributed by atoms with E-state index < -0.39 is 6.16 Å². The van der Waals surface area contributed by atoms with Gasteiger partial charge in [-0.05, 0) is 61.2 Å². The van der Waals surface area contributed by atoms with Crippen molar-refractivity contribution >= 4 is 0 Å². The van der Waals surface area contributed by atoms with Crippen LogP contribution in [-0.2, 0) is 18.9 Å². The Morgan fingerprint density at radius 2 is 1.00 bits per heavy atom. The topological polar surface area (TPSA) is 36.9 Å². The second-order valence-corrected chi connectivity index (χ2v) is 9.15. The van der Waals surface area contributed by atoms with E-state index in [0.717, 1.165) is 23.7 Å². The molecule has 0 N–H and O–H groups in total. The Hall–Kier alpha value is -0.680. The van der Waals surface area contributed by atoms with Gasteiger partial charge in [-0.15, -0.1) is 0 Å². The van der Waals surface area contributed by atoms with Crippen LogP contribution in [-0.4, -0.2) is 32.6 Å². The highest BCUT2D eigenvalue weighted by Crippen LogP contribution is 2.50. The highest BCUT2D eigenvalue weighted by atomic mass is 17.0. The Balaban J connectivity index is 1.05. The predicted octanol–water partition coefficient (Wildman–Crippen LogP) is 3.35. The molecule has 2 saturated heterocycles. The molecule has 1 spiro atoms. The molecule has 4 aliphatic carbocycles. The number of fused-ring (bicyclic) bond motifs is 4. The molecule has 0 radical (unpaired) electrons. The van der Waals surface area contributed by atoms with Crippen LogP contribution in [0, 0.1) is 47.3 Å². The zero-order valence-electron chi connectivity index (χ0n) is 14.7. The standard InChI is InChI=1S/C21H28O4/c1-3-15-5-13(1)7-19(15)17-9-22-21(23-10-17)24-11-18(12-25-21)20-8-14-2-4-16(20)6-14/h1-4,13-20H,5-12H2. The summed E-state index contributed by atoms with van der Waals surface area (Å²) in [6, 6.07) is 0. The molecular formula is C21H28O4. The maximum atomic E-state index is 6.01. The van der Waals surface area contributed by atoms with E-state index in [0.29, 0.717) is 50.1 Å². The third-order valence-corrected chi connectivity index (χ3v) is 7.77. The third-order valence-electron chi connectivity index (χ3n) is 7.77. The minimum Gasteiger partial charge on any atom is -0.303 e. The summed E-state index contributed by atoms with van der Waals surface area (Å²) < 4.78 is 24.0. The van der Waals surface area contributed by atoms with Crippen LogP contribution >= 0.6 is 0 Å². The Labute approximate surface area is 149 Å². The van der Waals surface area contributed by atoms with Crippen molar-refractivity contribution in [2.24, 2.45) is 47.3 Å². The molecule has 6 atom stereocenters. The van der Waals surface area contributed by atoms with E-state index in [-0.39, 0.29) is 0 Å². The summed E-state index contributed by atoms with van der Waals surface area (Å²) in [5.74, 6) is 5.44. The number of hydrogen-bond donors (Lipinski definition) is 0. The van der Waals surface area contributed by atoms with Gasteiger partial charge >= 0.3 is 6.16 Å².